The molecule has 0 radical (unpaired) electrons. The van der Waals surface area contributed by atoms with Crippen molar-refractivity contribution in [1.29, 1.82) is 0 Å². The second kappa shape index (κ2) is 14.2. The van der Waals surface area contributed by atoms with E-state index >= 15 is 0 Å². The maximum atomic E-state index is 12.2. The number of hydrogen-bond acceptors (Lipinski definition) is 8. The normalized spacial score (nSPS) is 11.4. The zero-order chi connectivity index (χ0) is 31.1. The van der Waals surface area contributed by atoms with E-state index in [9.17, 15) is 9.59 Å². The second-order valence-corrected chi connectivity index (χ2v) is 11.4. The molecule has 222 valence electrons. The number of carbonyl (C=O) groups is 2. The van der Waals surface area contributed by atoms with Gasteiger partial charge in [-0.2, -0.15) is 10.2 Å². The first kappa shape index (κ1) is 30.8. The molecule has 10 nitrogen and oxygen atoms in total. The van der Waals surface area contributed by atoms with Crippen LogP contribution in [0.1, 0.15) is 22.5 Å². The summed E-state index contributed by atoms with van der Waals surface area (Å²) in [6, 6.07) is 22.5. The van der Waals surface area contributed by atoms with Crippen molar-refractivity contribution in [3.63, 3.8) is 0 Å². The Balaban J connectivity index is 1.21. The minimum absolute atomic E-state index is 0.193. The van der Waals surface area contributed by atoms with Crippen LogP contribution >= 0.6 is 31.9 Å². The van der Waals surface area contributed by atoms with Gasteiger partial charge in [0.1, 0.15) is 11.5 Å². The van der Waals surface area contributed by atoms with Gasteiger partial charge in [-0.05, 0) is 93.2 Å². The molecule has 0 saturated carbocycles. The van der Waals surface area contributed by atoms with E-state index in [0.717, 1.165) is 30.8 Å². The molecule has 0 unspecified atom stereocenters. The molecule has 2 heterocycles. The molecular formula is C32H26Br2N6O4. The summed E-state index contributed by atoms with van der Waals surface area (Å²) in [5.41, 5.74) is 9.42. The first-order chi connectivity index (χ1) is 21.2. The molecule has 0 aliphatic rings. The third-order valence-corrected chi connectivity index (χ3v) is 7.47. The molecule has 0 saturated heterocycles. The number of carbonyl (C=O) groups excluding carboxylic acids is 2. The predicted octanol–water partition coefficient (Wildman–Crippen LogP) is 5.98. The predicted molar refractivity (Wildman–Crippen MR) is 177 cm³/mol. The fourth-order valence-corrected chi connectivity index (χ4v) is 5.29. The largest absolute Gasteiger partial charge is 0.483 e. The van der Waals surface area contributed by atoms with Crippen LogP contribution in [0.2, 0.25) is 0 Å². The van der Waals surface area contributed by atoms with Crippen LogP contribution in [0, 0.1) is 13.8 Å². The molecule has 0 spiro atoms. The van der Waals surface area contributed by atoms with E-state index in [1.54, 1.807) is 24.3 Å². The van der Waals surface area contributed by atoms with E-state index < -0.39 is 11.8 Å². The topological polar surface area (TPSA) is 127 Å². The van der Waals surface area contributed by atoms with Crippen molar-refractivity contribution in [3.8, 4) is 11.5 Å². The average Bonchev–Trinajstić information content (AvgIpc) is 3.00. The van der Waals surface area contributed by atoms with Gasteiger partial charge in [-0.25, -0.2) is 20.8 Å². The van der Waals surface area contributed by atoms with Gasteiger partial charge in [-0.1, -0.05) is 36.4 Å². The minimum Gasteiger partial charge on any atom is -0.483 e. The number of fused-ring (bicyclic) bond motifs is 3. The van der Waals surface area contributed by atoms with Gasteiger partial charge in [0, 0.05) is 10.8 Å². The molecule has 2 amide bonds. The van der Waals surface area contributed by atoms with Gasteiger partial charge >= 0.3 is 0 Å². The maximum Gasteiger partial charge on any atom is 0.277 e. The van der Waals surface area contributed by atoms with Crippen molar-refractivity contribution in [2.75, 3.05) is 13.2 Å². The molecule has 0 atom stereocenters. The molecule has 5 rings (SSSR count). The van der Waals surface area contributed by atoms with E-state index in [1.807, 2.05) is 62.4 Å². The summed E-state index contributed by atoms with van der Waals surface area (Å²) in [7, 11) is 0. The Morgan fingerprint density at radius 3 is 1.50 bits per heavy atom. The number of nitrogens with zero attached hydrogens (tertiary/aromatic N) is 4. The summed E-state index contributed by atoms with van der Waals surface area (Å²) in [5.74, 6) is 0.315. The molecule has 5 aromatic rings. The number of benzene rings is 3. The number of nitrogens with one attached hydrogen (secondary N) is 2. The maximum absolute atomic E-state index is 12.2. The van der Waals surface area contributed by atoms with Crippen molar-refractivity contribution >= 4 is 77.9 Å². The lowest BCUT2D eigenvalue weighted by molar-refractivity contribution is -0.123. The number of halogens is 2. The molecule has 0 bridgehead atoms. The lowest BCUT2D eigenvalue weighted by Gasteiger charge is -2.08. The number of ether oxygens (including phenoxy) is 2. The third-order valence-electron chi connectivity index (χ3n) is 6.23. The quantitative estimate of drug-likeness (QED) is 0.104. The first-order valence-electron chi connectivity index (χ1n) is 13.4. The van der Waals surface area contributed by atoms with E-state index in [2.05, 4.69) is 52.9 Å². The molecule has 12 heteroatoms. The van der Waals surface area contributed by atoms with Crippen molar-refractivity contribution < 1.29 is 19.1 Å². The van der Waals surface area contributed by atoms with Crippen molar-refractivity contribution in [3.05, 3.63) is 104 Å². The molecule has 2 N–H and O–H groups in total. The van der Waals surface area contributed by atoms with Gasteiger partial charge in [0.05, 0.1) is 43.8 Å². The first-order valence-corrected chi connectivity index (χ1v) is 15.0. The summed E-state index contributed by atoms with van der Waals surface area (Å²) >= 11 is 6.85. The summed E-state index contributed by atoms with van der Waals surface area (Å²) in [6.07, 6.45) is 2.91. The van der Waals surface area contributed by atoms with Crippen molar-refractivity contribution in [1.82, 2.24) is 20.8 Å². The van der Waals surface area contributed by atoms with Crippen LogP contribution in [0.5, 0.6) is 11.5 Å². The highest BCUT2D eigenvalue weighted by molar-refractivity contribution is 9.10. The summed E-state index contributed by atoms with van der Waals surface area (Å²) in [5, 5.41) is 9.80. The Bertz CT molecular complexity index is 1790. The molecule has 0 fully saturated rings. The standard InChI is InChI=1S/C32H26Br2N6O4/c1-19-3-11-27(25(33)13-19)43-17-29(41)39-35-15-23-9-7-21-5-6-22-8-10-24(38-32(22)31(21)37-23)16-36-40-30(42)18-44-28-12-4-20(2)14-26(28)34/h3-16H,17-18H2,1-2H3,(H,39,41)(H,40,42). The number of aromatic nitrogens is 2. The van der Waals surface area contributed by atoms with Gasteiger partial charge in [-0.3, -0.25) is 9.59 Å². The number of amides is 2. The molecular weight excluding hydrogens is 692 g/mol. The Morgan fingerprint density at radius 2 is 1.09 bits per heavy atom. The van der Waals surface area contributed by atoms with Crippen LogP contribution in [0.15, 0.2) is 91.9 Å². The van der Waals surface area contributed by atoms with E-state index in [4.69, 9.17) is 19.4 Å². The van der Waals surface area contributed by atoms with Gasteiger partial charge in [0.25, 0.3) is 11.8 Å². The van der Waals surface area contributed by atoms with Crippen LogP contribution in [-0.2, 0) is 9.59 Å². The van der Waals surface area contributed by atoms with Gasteiger partial charge in [0.2, 0.25) is 0 Å². The third kappa shape index (κ3) is 8.03. The smallest absolute Gasteiger partial charge is 0.277 e. The SMILES string of the molecule is Cc1ccc(OCC(=O)NN=Cc2ccc3ccc4ccc(C=NNC(=O)COc5ccc(C)cc5Br)nc4c3n2)c(Br)c1. The molecule has 3 aromatic carbocycles. The zero-order valence-corrected chi connectivity index (χ0v) is 26.8. The average molecular weight is 718 g/mol. The Labute approximate surface area is 269 Å². The fourth-order valence-electron chi connectivity index (χ4n) is 4.08. The summed E-state index contributed by atoms with van der Waals surface area (Å²) in [4.78, 5) is 33.8. The summed E-state index contributed by atoms with van der Waals surface area (Å²) < 4.78 is 12.6. The van der Waals surface area contributed by atoms with E-state index in [0.29, 0.717) is 33.9 Å². The molecule has 0 aliphatic carbocycles. The highest BCUT2D eigenvalue weighted by Crippen LogP contribution is 2.27. The second-order valence-electron chi connectivity index (χ2n) is 9.71. The Morgan fingerprint density at radius 1 is 0.682 bits per heavy atom. The van der Waals surface area contributed by atoms with Crippen molar-refractivity contribution in [2.24, 2.45) is 10.2 Å². The van der Waals surface area contributed by atoms with E-state index in [-0.39, 0.29) is 13.2 Å². The summed E-state index contributed by atoms with van der Waals surface area (Å²) in [6.45, 7) is 3.55. The van der Waals surface area contributed by atoms with Crippen LogP contribution in [0.3, 0.4) is 0 Å². The van der Waals surface area contributed by atoms with Crippen LogP contribution in [0.4, 0.5) is 0 Å². The Hall–Kier alpha value is -4.68. The minimum atomic E-state index is -0.410. The number of hydrazone groups is 2. The van der Waals surface area contributed by atoms with Crippen LogP contribution < -0.4 is 20.3 Å². The molecule has 44 heavy (non-hydrogen) atoms. The fraction of sp³-hybridized carbons (Fsp3) is 0.125. The van der Waals surface area contributed by atoms with Gasteiger partial charge in [-0.15, -0.1) is 0 Å². The number of aryl methyl sites for hydroxylation is 2. The van der Waals surface area contributed by atoms with Gasteiger partial charge in [0.15, 0.2) is 13.2 Å². The number of hydrogen-bond donors (Lipinski definition) is 2. The molecule has 0 aliphatic heterocycles. The molecule has 2 aromatic heterocycles. The van der Waals surface area contributed by atoms with E-state index in [1.165, 1.54) is 12.4 Å². The van der Waals surface area contributed by atoms with Crippen molar-refractivity contribution in [2.45, 2.75) is 13.8 Å². The lowest BCUT2D eigenvalue weighted by atomic mass is 10.1. The number of pyridine rings is 2. The monoisotopic (exact) mass is 716 g/mol. The van der Waals surface area contributed by atoms with Crippen LogP contribution in [0.25, 0.3) is 21.8 Å². The van der Waals surface area contributed by atoms with Gasteiger partial charge < -0.3 is 9.47 Å². The highest BCUT2D eigenvalue weighted by atomic mass is 79.9. The highest BCUT2D eigenvalue weighted by Gasteiger charge is 2.08. The van der Waals surface area contributed by atoms with Crippen LogP contribution in [-0.4, -0.2) is 47.4 Å². The number of rotatable bonds is 10. The lowest BCUT2D eigenvalue weighted by Crippen LogP contribution is -2.24. The Kier molecular flexibility index (Phi) is 9.93. The zero-order valence-electron chi connectivity index (χ0n) is 23.7.